The molecule has 3 rings (SSSR count). The van der Waals surface area contributed by atoms with Crippen molar-refractivity contribution in [2.75, 3.05) is 36.4 Å². The molecule has 1 aromatic heterocycles. The molecule has 7 nitrogen and oxygen atoms in total. The number of carbonyl (C=O) groups is 1. The lowest BCUT2D eigenvalue weighted by Crippen LogP contribution is -2.50. The molecule has 1 aromatic carbocycles. The minimum Gasteiger partial charge on any atom is -0.444 e. The Morgan fingerprint density at radius 1 is 1.23 bits per heavy atom. The predicted octanol–water partition coefficient (Wildman–Crippen LogP) is 3.76. The van der Waals surface area contributed by atoms with Crippen LogP contribution in [0.5, 0.6) is 0 Å². The zero-order valence-electron chi connectivity index (χ0n) is 17.5. The Morgan fingerprint density at radius 3 is 2.50 bits per heavy atom. The van der Waals surface area contributed by atoms with E-state index >= 15 is 0 Å². The van der Waals surface area contributed by atoms with Gasteiger partial charge in [-0.05, 0) is 44.5 Å². The van der Waals surface area contributed by atoms with E-state index in [4.69, 9.17) is 4.74 Å². The second kappa shape index (κ2) is 8.99. The van der Waals surface area contributed by atoms with Crippen LogP contribution < -0.4 is 10.2 Å². The fourth-order valence-corrected chi connectivity index (χ4v) is 3.12. The van der Waals surface area contributed by atoms with E-state index in [0.29, 0.717) is 49.8 Å². The first-order valence-corrected chi connectivity index (χ1v) is 9.86. The summed E-state index contributed by atoms with van der Waals surface area (Å²) in [6.45, 7) is 8.19. The minimum absolute atomic E-state index is 0.275. The highest BCUT2D eigenvalue weighted by atomic mass is 19.1. The third-order valence-electron chi connectivity index (χ3n) is 4.63. The molecule has 0 atom stereocenters. The molecule has 0 saturated carbocycles. The van der Waals surface area contributed by atoms with Crippen LogP contribution in [0.25, 0.3) is 0 Å². The molecule has 0 bridgehead atoms. The van der Waals surface area contributed by atoms with Gasteiger partial charge in [0.2, 0.25) is 0 Å². The maximum atomic E-state index is 13.0. The van der Waals surface area contributed by atoms with Gasteiger partial charge in [-0.25, -0.2) is 14.2 Å². The minimum atomic E-state index is -0.527. The number of hydrogen-bond donors (Lipinski definition) is 1. The number of nitrogens with one attached hydrogen (secondary N) is 1. The van der Waals surface area contributed by atoms with Crippen molar-refractivity contribution >= 4 is 17.6 Å². The monoisotopic (exact) mass is 411 g/mol. The van der Waals surface area contributed by atoms with Gasteiger partial charge in [-0.3, -0.25) is 0 Å². The van der Waals surface area contributed by atoms with Gasteiger partial charge in [0.15, 0.2) is 0 Å². The zero-order chi connectivity index (χ0) is 21.7. The molecular formula is C22H26FN5O2. The summed E-state index contributed by atoms with van der Waals surface area (Å²) in [5.41, 5.74) is 1.58. The molecule has 1 amide bonds. The molecule has 0 radical (unpaired) electrons. The van der Waals surface area contributed by atoms with Gasteiger partial charge in [0, 0.05) is 32.7 Å². The average Bonchev–Trinajstić information content (AvgIpc) is 2.72. The molecule has 1 aliphatic heterocycles. The van der Waals surface area contributed by atoms with E-state index in [0.717, 1.165) is 5.56 Å². The lowest BCUT2D eigenvalue weighted by molar-refractivity contribution is 0.0240. The summed E-state index contributed by atoms with van der Waals surface area (Å²) in [4.78, 5) is 20.4. The van der Waals surface area contributed by atoms with Crippen molar-refractivity contribution in [2.45, 2.75) is 32.9 Å². The van der Waals surface area contributed by atoms with Crippen molar-refractivity contribution in [3.63, 3.8) is 0 Å². The van der Waals surface area contributed by atoms with Crippen molar-refractivity contribution < 1.29 is 13.9 Å². The lowest BCUT2D eigenvalue weighted by Gasteiger charge is -2.36. The summed E-state index contributed by atoms with van der Waals surface area (Å²) >= 11 is 0. The fourth-order valence-electron chi connectivity index (χ4n) is 3.12. The number of halogens is 1. The van der Waals surface area contributed by atoms with Crippen LogP contribution in [0.2, 0.25) is 0 Å². The number of rotatable bonds is 4. The Bertz CT molecular complexity index is 926. The van der Waals surface area contributed by atoms with Gasteiger partial charge >= 0.3 is 6.09 Å². The molecule has 1 aliphatic rings. The number of ether oxygens (including phenoxy) is 1. The van der Waals surface area contributed by atoms with Crippen LogP contribution >= 0.6 is 0 Å². The second-order valence-corrected chi connectivity index (χ2v) is 8.14. The Labute approximate surface area is 176 Å². The first-order chi connectivity index (χ1) is 14.2. The quantitative estimate of drug-likeness (QED) is 0.825. The highest BCUT2D eigenvalue weighted by molar-refractivity contribution is 5.69. The SMILES string of the molecule is CC(C)(C)OC(=O)N1CCN(c2ncc(NCc3ccc(F)cc3)cc2C#N)CC1. The summed E-state index contributed by atoms with van der Waals surface area (Å²) in [5, 5.41) is 12.8. The maximum Gasteiger partial charge on any atom is 0.410 e. The van der Waals surface area contributed by atoms with E-state index < -0.39 is 5.60 Å². The number of nitriles is 1. The van der Waals surface area contributed by atoms with E-state index in [-0.39, 0.29) is 11.9 Å². The van der Waals surface area contributed by atoms with Crippen molar-refractivity contribution in [1.82, 2.24) is 9.88 Å². The second-order valence-electron chi connectivity index (χ2n) is 8.14. The average molecular weight is 411 g/mol. The highest BCUT2D eigenvalue weighted by Gasteiger charge is 2.27. The van der Waals surface area contributed by atoms with E-state index in [2.05, 4.69) is 16.4 Å². The predicted molar refractivity (Wildman–Crippen MR) is 113 cm³/mol. The lowest BCUT2D eigenvalue weighted by atomic mass is 10.2. The van der Waals surface area contributed by atoms with Crippen molar-refractivity contribution in [1.29, 1.82) is 5.26 Å². The Hall–Kier alpha value is -3.34. The Balaban J connectivity index is 1.61. The summed E-state index contributed by atoms with van der Waals surface area (Å²) in [5.74, 6) is 0.331. The topological polar surface area (TPSA) is 81.5 Å². The zero-order valence-corrected chi connectivity index (χ0v) is 17.5. The number of anilines is 2. The number of amides is 1. The number of nitrogens with zero attached hydrogens (tertiary/aromatic N) is 4. The molecule has 158 valence electrons. The van der Waals surface area contributed by atoms with Crippen molar-refractivity contribution in [2.24, 2.45) is 0 Å². The molecule has 0 spiro atoms. The van der Waals surface area contributed by atoms with Gasteiger partial charge in [-0.1, -0.05) is 12.1 Å². The van der Waals surface area contributed by atoms with Gasteiger partial charge < -0.3 is 19.9 Å². The van der Waals surface area contributed by atoms with Crippen LogP contribution in [0.1, 0.15) is 31.9 Å². The standard InChI is InChI=1S/C22H26FN5O2/c1-22(2,3)30-21(29)28-10-8-27(9-11-28)20-17(13-24)12-19(15-26-20)25-14-16-4-6-18(23)7-5-16/h4-7,12,15,25H,8-11,14H2,1-3H3. The molecule has 1 saturated heterocycles. The van der Waals surface area contributed by atoms with Gasteiger partial charge in [0.1, 0.15) is 23.3 Å². The van der Waals surface area contributed by atoms with Crippen LogP contribution in [0.3, 0.4) is 0 Å². The van der Waals surface area contributed by atoms with E-state index in [1.54, 1.807) is 29.3 Å². The molecule has 8 heteroatoms. The molecule has 2 heterocycles. The molecule has 2 aromatic rings. The number of aromatic nitrogens is 1. The van der Waals surface area contributed by atoms with Gasteiger partial charge in [-0.15, -0.1) is 0 Å². The number of piperazine rings is 1. The number of pyridine rings is 1. The van der Waals surface area contributed by atoms with Crippen LogP contribution in [0.15, 0.2) is 36.5 Å². The molecule has 0 unspecified atom stereocenters. The number of benzene rings is 1. The third-order valence-corrected chi connectivity index (χ3v) is 4.63. The summed E-state index contributed by atoms with van der Waals surface area (Å²) < 4.78 is 18.4. The van der Waals surface area contributed by atoms with Crippen LogP contribution in [0.4, 0.5) is 20.7 Å². The van der Waals surface area contributed by atoms with E-state index in [1.165, 1.54) is 12.1 Å². The van der Waals surface area contributed by atoms with Crippen molar-refractivity contribution in [3.8, 4) is 6.07 Å². The Morgan fingerprint density at radius 2 is 1.90 bits per heavy atom. The van der Waals surface area contributed by atoms with Crippen molar-refractivity contribution in [3.05, 3.63) is 53.5 Å². The van der Waals surface area contributed by atoms with E-state index in [1.807, 2.05) is 25.7 Å². The summed E-state index contributed by atoms with van der Waals surface area (Å²) in [6, 6.07) is 10.2. The largest absolute Gasteiger partial charge is 0.444 e. The smallest absolute Gasteiger partial charge is 0.410 e. The highest BCUT2D eigenvalue weighted by Crippen LogP contribution is 2.23. The number of hydrogen-bond acceptors (Lipinski definition) is 6. The maximum absolute atomic E-state index is 13.0. The summed E-state index contributed by atoms with van der Waals surface area (Å²) in [6.07, 6.45) is 1.36. The van der Waals surface area contributed by atoms with Gasteiger partial charge in [0.05, 0.1) is 17.4 Å². The molecular weight excluding hydrogens is 385 g/mol. The Kier molecular flexibility index (Phi) is 6.40. The third kappa shape index (κ3) is 5.60. The van der Waals surface area contributed by atoms with Crippen LogP contribution in [-0.2, 0) is 11.3 Å². The summed E-state index contributed by atoms with van der Waals surface area (Å²) in [7, 11) is 0. The first kappa shape index (κ1) is 21.4. The normalized spacial score (nSPS) is 14.2. The molecule has 1 fully saturated rings. The van der Waals surface area contributed by atoms with Gasteiger partial charge in [0.25, 0.3) is 0 Å². The first-order valence-electron chi connectivity index (χ1n) is 9.86. The fraction of sp³-hybridized carbons (Fsp3) is 0.409. The molecule has 1 N–H and O–H groups in total. The molecule has 30 heavy (non-hydrogen) atoms. The van der Waals surface area contributed by atoms with Gasteiger partial charge in [-0.2, -0.15) is 5.26 Å². The van der Waals surface area contributed by atoms with E-state index in [9.17, 15) is 14.4 Å². The van der Waals surface area contributed by atoms with Crippen LogP contribution in [0, 0.1) is 17.1 Å². The molecule has 0 aliphatic carbocycles. The van der Waals surface area contributed by atoms with Crippen LogP contribution in [-0.4, -0.2) is 47.8 Å². The number of carbonyl (C=O) groups excluding carboxylic acids is 1.